The van der Waals surface area contributed by atoms with Crippen molar-refractivity contribution < 1.29 is 9.53 Å². The number of ether oxygens (including phenoxy) is 1. The van der Waals surface area contributed by atoms with Gasteiger partial charge in [0.05, 0.1) is 11.2 Å². The number of piperazine rings is 1. The average molecular weight is 469 g/mol. The molecule has 5 rings (SSSR count). The van der Waals surface area contributed by atoms with Gasteiger partial charge in [0.2, 0.25) is 5.95 Å². The summed E-state index contributed by atoms with van der Waals surface area (Å²) in [6.45, 7) is 3.75. The first-order valence-corrected chi connectivity index (χ1v) is 10.7. The molecule has 9 heteroatoms. The van der Waals surface area contributed by atoms with Gasteiger partial charge in [0, 0.05) is 29.6 Å². The SMILES string of the molecule is Cc1nc(N2CC3CC2CN3)nc2ccc(NC(=O)COc3ccc(Br)cc3)nc12. The molecule has 154 valence electrons. The summed E-state index contributed by atoms with van der Waals surface area (Å²) in [4.78, 5) is 28.5. The monoisotopic (exact) mass is 468 g/mol. The van der Waals surface area contributed by atoms with Gasteiger partial charge in [-0.05, 0) is 49.7 Å². The van der Waals surface area contributed by atoms with Crippen molar-refractivity contribution in [3.05, 3.63) is 46.6 Å². The van der Waals surface area contributed by atoms with Crippen LogP contribution in [0.4, 0.5) is 11.8 Å². The summed E-state index contributed by atoms with van der Waals surface area (Å²) < 4.78 is 6.46. The largest absolute Gasteiger partial charge is 0.484 e. The molecule has 0 saturated carbocycles. The molecule has 0 aliphatic carbocycles. The van der Waals surface area contributed by atoms with Crippen LogP contribution in [-0.2, 0) is 4.79 Å². The molecule has 3 aromatic rings. The van der Waals surface area contributed by atoms with Crippen LogP contribution in [0.1, 0.15) is 12.1 Å². The molecular weight excluding hydrogens is 448 g/mol. The Morgan fingerprint density at radius 3 is 2.80 bits per heavy atom. The molecule has 8 nitrogen and oxygen atoms in total. The molecule has 0 radical (unpaired) electrons. The first-order valence-electron chi connectivity index (χ1n) is 9.89. The van der Waals surface area contributed by atoms with Crippen molar-refractivity contribution >= 4 is 44.6 Å². The predicted octanol–water partition coefficient (Wildman–Crippen LogP) is 2.66. The van der Waals surface area contributed by atoms with Crippen LogP contribution in [0.15, 0.2) is 40.9 Å². The lowest BCUT2D eigenvalue weighted by atomic mass is 10.2. The number of hydrogen-bond acceptors (Lipinski definition) is 7. The summed E-state index contributed by atoms with van der Waals surface area (Å²) in [6, 6.07) is 11.9. The van der Waals surface area contributed by atoms with E-state index >= 15 is 0 Å². The second-order valence-electron chi connectivity index (χ2n) is 7.61. The average Bonchev–Trinajstić information content (AvgIpc) is 3.37. The highest BCUT2D eigenvalue weighted by atomic mass is 79.9. The summed E-state index contributed by atoms with van der Waals surface area (Å²) in [6.07, 6.45) is 1.14. The van der Waals surface area contributed by atoms with E-state index in [1.165, 1.54) is 0 Å². The first kappa shape index (κ1) is 19.2. The van der Waals surface area contributed by atoms with Crippen molar-refractivity contribution in [2.45, 2.75) is 25.4 Å². The van der Waals surface area contributed by atoms with Crippen molar-refractivity contribution in [1.29, 1.82) is 0 Å². The van der Waals surface area contributed by atoms with Crippen LogP contribution in [0, 0.1) is 6.92 Å². The number of nitrogens with zero attached hydrogens (tertiary/aromatic N) is 4. The van der Waals surface area contributed by atoms with Gasteiger partial charge in [-0.3, -0.25) is 4.79 Å². The Balaban J connectivity index is 1.28. The molecule has 2 N–H and O–H groups in total. The van der Waals surface area contributed by atoms with E-state index < -0.39 is 0 Å². The molecule has 2 bridgehead atoms. The highest BCUT2D eigenvalue weighted by Crippen LogP contribution is 2.28. The van der Waals surface area contributed by atoms with E-state index in [0.717, 1.165) is 41.1 Å². The van der Waals surface area contributed by atoms with Crippen LogP contribution in [0.25, 0.3) is 11.0 Å². The molecular formula is C21H21BrN6O2. The Labute approximate surface area is 182 Å². The molecule has 1 amide bonds. The standard InChI is InChI=1S/C21H21BrN6O2/c1-12-20-17(25-21(24-12)28-10-14-8-15(28)9-23-14)6-7-18(27-20)26-19(29)11-30-16-4-2-13(22)3-5-16/h2-7,14-15,23H,8-11H2,1H3,(H,26,27,29). The molecule has 30 heavy (non-hydrogen) atoms. The van der Waals surface area contributed by atoms with E-state index in [0.29, 0.717) is 29.2 Å². The number of carbonyl (C=O) groups excluding carboxylic acids is 1. The fourth-order valence-corrected chi connectivity index (χ4v) is 4.27. The zero-order valence-electron chi connectivity index (χ0n) is 16.4. The van der Waals surface area contributed by atoms with Crippen LogP contribution in [-0.4, -0.2) is 52.6 Å². The maximum atomic E-state index is 12.2. The molecule has 1 aromatic carbocycles. The van der Waals surface area contributed by atoms with Gasteiger partial charge in [0.1, 0.15) is 17.1 Å². The summed E-state index contributed by atoms with van der Waals surface area (Å²) in [5.74, 6) is 1.56. The van der Waals surface area contributed by atoms with Crippen molar-refractivity contribution in [1.82, 2.24) is 20.3 Å². The topological polar surface area (TPSA) is 92.3 Å². The van der Waals surface area contributed by atoms with Crippen LogP contribution in [0.5, 0.6) is 5.75 Å². The number of aryl methyl sites for hydroxylation is 1. The Hall–Kier alpha value is -2.78. The molecule has 2 aromatic heterocycles. The van der Waals surface area contributed by atoms with Gasteiger partial charge in [0.15, 0.2) is 6.61 Å². The van der Waals surface area contributed by atoms with Gasteiger partial charge in [-0.1, -0.05) is 15.9 Å². The van der Waals surface area contributed by atoms with Gasteiger partial charge in [-0.15, -0.1) is 0 Å². The van der Waals surface area contributed by atoms with Crippen LogP contribution < -0.4 is 20.3 Å². The fraction of sp³-hybridized carbons (Fsp3) is 0.333. The minimum absolute atomic E-state index is 0.0959. The van der Waals surface area contributed by atoms with E-state index in [1.54, 1.807) is 18.2 Å². The smallest absolute Gasteiger partial charge is 0.263 e. The van der Waals surface area contributed by atoms with E-state index in [4.69, 9.17) is 9.72 Å². The molecule has 2 unspecified atom stereocenters. The Morgan fingerprint density at radius 2 is 2.07 bits per heavy atom. The third-order valence-electron chi connectivity index (χ3n) is 5.47. The molecule has 2 aliphatic heterocycles. The molecule has 2 atom stereocenters. The number of anilines is 2. The minimum atomic E-state index is -0.277. The third-order valence-corrected chi connectivity index (χ3v) is 6.00. The third kappa shape index (κ3) is 3.82. The number of pyridine rings is 1. The Kier molecular flexibility index (Phi) is 5.00. The Bertz CT molecular complexity index is 1110. The van der Waals surface area contributed by atoms with Crippen molar-refractivity contribution in [3.8, 4) is 5.75 Å². The molecule has 0 spiro atoms. The van der Waals surface area contributed by atoms with E-state index in [9.17, 15) is 4.79 Å². The van der Waals surface area contributed by atoms with Crippen LogP contribution in [0.2, 0.25) is 0 Å². The molecule has 2 saturated heterocycles. The number of hydrogen-bond donors (Lipinski definition) is 2. The van der Waals surface area contributed by atoms with Crippen LogP contribution >= 0.6 is 15.9 Å². The minimum Gasteiger partial charge on any atom is -0.484 e. The molecule has 2 aliphatic rings. The fourth-order valence-electron chi connectivity index (χ4n) is 4.01. The molecule has 2 fully saturated rings. The maximum Gasteiger partial charge on any atom is 0.263 e. The quantitative estimate of drug-likeness (QED) is 0.594. The van der Waals surface area contributed by atoms with Crippen molar-refractivity contribution in [2.75, 3.05) is 29.9 Å². The summed E-state index contributed by atoms with van der Waals surface area (Å²) in [5.41, 5.74) is 2.26. The number of rotatable bonds is 5. The number of carbonyl (C=O) groups is 1. The predicted molar refractivity (Wildman–Crippen MR) is 118 cm³/mol. The zero-order valence-corrected chi connectivity index (χ0v) is 18.0. The van der Waals surface area contributed by atoms with Crippen molar-refractivity contribution in [2.24, 2.45) is 0 Å². The molecule has 4 heterocycles. The second kappa shape index (κ2) is 7.81. The number of nitrogens with one attached hydrogen (secondary N) is 2. The highest BCUT2D eigenvalue weighted by Gasteiger charge is 2.39. The summed E-state index contributed by atoms with van der Waals surface area (Å²) in [7, 11) is 0. The van der Waals surface area contributed by atoms with Crippen LogP contribution in [0.3, 0.4) is 0 Å². The van der Waals surface area contributed by atoms with Gasteiger partial charge < -0.3 is 20.3 Å². The number of halogens is 1. The van der Waals surface area contributed by atoms with E-state index in [1.807, 2.05) is 25.1 Å². The number of amides is 1. The lowest BCUT2D eigenvalue weighted by molar-refractivity contribution is -0.118. The van der Waals surface area contributed by atoms with Gasteiger partial charge in [0.25, 0.3) is 5.91 Å². The van der Waals surface area contributed by atoms with E-state index in [-0.39, 0.29) is 12.5 Å². The number of fused-ring (bicyclic) bond motifs is 3. The maximum absolute atomic E-state index is 12.2. The first-order chi connectivity index (χ1) is 14.5. The van der Waals surface area contributed by atoms with Crippen molar-refractivity contribution in [3.63, 3.8) is 0 Å². The number of aromatic nitrogens is 3. The van der Waals surface area contributed by atoms with E-state index in [2.05, 4.69) is 41.4 Å². The zero-order chi connectivity index (χ0) is 20.7. The summed E-state index contributed by atoms with van der Waals surface area (Å²) >= 11 is 3.37. The number of benzene rings is 1. The normalized spacial score (nSPS) is 20.0. The van der Waals surface area contributed by atoms with Gasteiger partial charge >= 0.3 is 0 Å². The van der Waals surface area contributed by atoms with Gasteiger partial charge in [-0.2, -0.15) is 0 Å². The lowest BCUT2D eigenvalue weighted by Crippen LogP contribution is -2.44. The Morgan fingerprint density at radius 1 is 1.23 bits per heavy atom. The lowest BCUT2D eigenvalue weighted by Gasteiger charge is -2.27. The van der Waals surface area contributed by atoms with Gasteiger partial charge in [-0.25, -0.2) is 15.0 Å². The highest BCUT2D eigenvalue weighted by molar-refractivity contribution is 9.10. The summed E-state index contributed by atoms with van der Waals surface area (Å²) in [5, 5.41) is 6.27. The second-order valence-corrected chi connectivity index (χ2v) is 8.53.